The van der Waals surface area contributed by atoms with Crippen molar-refractivity contribution >= 4 is 17.4 Å². The molecule has 94 valence electrons. The minimum atomic E-state index is 0.548. The van der Waals surface area contributed by atoms with Crippen molar-refractivity contribution in [2.75, 3.05) is 11.9 Å². The second-order valence-electron chi connectivity index (χ2n) is 4.49. The summed E-state index contributed by atoms with van der Waals surface area (Å²) >= 11 is 1.91. The van der Waals surface area contributed by atoms with Crippen LogP contribution in [0.15, 0.2) is 59.5 Å². The quantitative estimate of drug-likeness (QED) is 0.786. The summed E-state index contributed by atoms with van der Waals surface area (Å²) in [5, 5.41) is 4.01. The number of rotatable bonds is 5. The van der Waals surface area contributed by atoms with Crippen molar-refractivity contribution in [1.29, 1.82) is 0 Å². The highest BCUT2D eigenvalue weighted by molar-refractivity contribution is 8.00. The number of nitrogens with one attached hydrogen (secondary N) is 1. The molecule has 0 amide bonds. The molecule has 1 N–H and O–H groups in total. The van der Waals surface area contributed by atoms with Gasteiger partial charge in [-0.05, 0) is 31.2 Å². The summed E-state index contributed by atoms with van der Waals surface area (Å²) in [7, 11) is 0. The first kappa shape index (κ1) is 13.0. The van der Waals surface area contributed by atoms with Crippen LogP contribution in [0.2, 0.25) is 0 Å². The molecule has 0 spiro atoms. The van der Waals surface area contributed by atoms with E-state index in [-0.39, 0.29) is 0 Å². The van der Waals surface area contributed by atoms with Crippen molar-refractivity contribution in [2.45, 2.75) is 24.0 Å². The summed E-state index contributed by atoms with van der Waals surface area (Å²) in [6, 6.07) is 19.0. The molecule has 0 aliphatic rings. The zero-order valence-electron chi connectivity index (χ0n) is 10.9. The minimum Gasteiger partial charge on any atom is -0.384 e. The fourth-order valence-electron chi connectivity index (χ4n) is 1.78. The molecule has 2 heteroatoms. The van der Waals surface area contributed by atoms with E-state index in [2.05, 4.69) is 67.7 Å². The normalized spacial score (nSPS) is 12.1. The predicted molar refractivity (Wildman–Crippen MR) is 81.4 cm³/mol. The molecule has 2 aromatic carbocycles. The van der Waals surface area contributed by atoms with Crippen molar-refractivity contribution in [3.05, 3.63) is 60.2 Å². The summed E-state index contributed by atoms with van der Waals surface area (Å²) in [5.74, 6) is 0. The molecule has 0 radical (unpaired) electrons. The Bertz CT molecular complexity index is 481. The molecule has 2 rings (SSSR count). The summed E-state index contributed by atoms with van der Waals surface area (Å²) in [5.41, 5.74) is 2.51. The zero-order valence-corrected chi connectivity index (χ0v) is 11.7. The molecule has 1 unspecified atom stereocenters. The van der Waals surface area contributed by atoms with E-state index in [1.54, 1.807) is 0 Å². The SMILES string of the molecule is Cc1cccc(SC(C)CNc2ccccc2)c1. The third-order valence-electron chi connectivity index (χ3n) is 2.69. The molecule has 0 bridgehead atoms. The third-order valence-corrected chi connectivity index (χ3v) is 3.79. The number of aryl methyl sites for hydroxylation is 1. The van der Waals surface area contributed by atoms with Gasteiger partial charge in [-0.15, -0.1) is 11.8 Å². The van der Waals surface area contributed by atoms with Crippen molar-refractivity contribution < 1.29 is 0 Å². The van der Waals surface area contributed by atoms with Gasteiger partial charge in [0, 0.05) is 22.4 Å². The highest BCUT2D eigenvalue weighted by atomic mass is 32.2. The third kappa shape index (κ3) is 4.11. The van der Waals surface area contributed by atoms with Gasteiger partial charge in [-0.3, -0.25) is 0 Å². The standard InChI is InChI=1S/C16H19NS/c1-13-7-6-10-16(11-13)18-14(2)12-17-15-8-4-3-5-9-15/h3-11,14,17H,12H2,1-2H3. The van der Waals surface area contributed by atoms with Crippen LogP contribution in [0.3, 0.4) is 0 Å². The second-order valence-corrected chi connectivity index (χ2v) is 6.00. The van der Waals surface area contributed by atoms with Gasteiger partial charge >= 0.3 is 0 Å². The molecule has 2 aromatic rings. The Hall–Kier alpha value is -1.41. The highest BCUT2D eigenvalue weighted by Gasteiger charge is 2.04. The number of thioether (sulfide) groups is 1. The molecule has 0 aliphatic heterocycles. The van der Waals surface area contributed by atoms with E-state index in [4.69, 9.17) is 0 Å². The van der Waals surface area contributed by atoms with E-state index >= 15 is 0 Å². The van der Waals surface area contributed by atoms with Gasteiger partial charge in [0.05, 0.1) is 0 Å². The van der Waals surface area contributed by atoms with Gasteiger partial charge in [0.15, 0.2) is 0 Å². The van der Waals surface area contributed by atoms with E-state index in [1.165, 1.54) is 16.1 Å². The van der Waals surface area contributed by atoms with E-state index < -0.39 is 0 Å². The van der Waals surface area contributed by atoms with Crippen LogP contribution in [0.1, 0.15) is 12.5 Å². The van der Waals surface area contributed by atoms with Gasteiger partial charge in [0.25, 0.3) is 0 Å². The number of anilines is 1. The number of para-hydroxylation sites is 1. The fraction of sp³-hybridized carbons (Fsp3) is 0.250. The van der Waals surface area contributed by atoms with Gasteiger partial charge < -0.3 is 5.32 Å². The summed E-state index contributed by atoms with van der Waals surface area (Å²) < 4.78 is 0. The van der Waals surface area contributed by atoms with Gasteiger partial charge in [0.2, 0.25) is 0 Å². The Morgan fingerprint density at radius 1 is 1.06 bits per heavy atom. The maximum atomic E-state index is 3.46. The zero-order chi connectivity index (χ0) is 12.8. The van der Waals surface area contributed by atoms with E-state index in [0.717, 1.165) is 6.54 Å². The van der Waals surface area contributed by atoms with Crippen LogP contribution in [0, 0.1) is 6.92 Å². The molecule has 0 saturated heterocycles. The van der Waals surface area contributed by atoms with Crippen LogP contribution in [-0.4, -0.2) is 11.8 Å². The number of benzene rings is 2. The van der Waals surface area contributed by atoms with Crippen molar-refractivity contribution in [2.24, 2.45) is 0 Å². The van der Waals surface area contributed by atoms with Crippen LogP contribution in [0.5, 0.6) is 0 Å². The average Bonchev–Trinajstić information content (AvgIpc) is 2.38. The monoisotopic (exact) mass is 257 g/mol. The Balaban J connectivity index is 1.84. The maximum absolute atomic E-state index is 3.46. The molecule has 0 heterocycles. The first-order valence-corrected chi connectivity index (χ1v) is 7.14. The van der Waals surface area contributed by atoms with Crippen molar-refractivity contribution in [1.82, 2.24) is 0 Å². The highest BCUT2D eigenvalue weighted by Crippen LogP contribution is 2.24. The first-order valence-electron chi connectivity index (χ1n) is 6.26. The summed E-state index contributed by atoms with van der Waals surface area (Å²) in [6.45, 7) is 5.36. The summed E-state index contributed by atoms with van der Waals surface area (Å²) in [6.07, 6.45) is 0. The Morgan fingerprint density at radius 3 is 2.56 bits per heavy atom. The van der Waals surface area contributed by atoms with E-state index in [0.29, 0.717) is 5.25 Å². The fourth-order valence-corrected chi connectivity index (χ4v) is 2.82. The summed E-state index contributed by atoms with van der Waals surface area (Å²) in [4.78, 5) is 1.34. The molecule has 0 fully saturated rings. The largest absolute Gasteiger partial charge is 0.384 e. The maximum Gasteiger partial charge on any atom is 0.0340 e. The molecule has 1 nitrogen and oxygen atoms in total. The molecule has 0 aromatic heterocycles. The minimum absolute atomic E-state index is 0.548. The lowest BCUT2D eigenvalue weighted by molar-refractivity contribution is 0.999. The van der Waals surface area contributed by atoms with Gasteiger partial charge in [-0.2, -0.15) is 0 Å². The lowest BCUT2D eigenvalue weighted by Gasteiger charge is -2.13. The van der Waals surface area contributed by atoms with Crippen molar-refractivity contribution in [3.63, 3.8) is 0 Å². The van der Waals surface area contributed by atoms with Crippen molar-refractivity contribution in [3.8, 4) is 0 Å². The topological polar surface area (TPSA) is 12.0 Å². The van der Waals surface area contributed by atoms with Crippen LogP contribution >= 0.6 is 11.8 Å². The Labute approximate surface area is 114 Å². The van der Waals surface area contributed by atoms with Crippen LogP contribution in [-0.2, 0) is 0 Å². The lowest BCUT2D eigenvalue weighted by atomic mass is 10.2. The predicted octanol–water partition coefficient (Wildman–Crippen LogP) is 4.59. The van der Waals surface area contributed by atoms with Gasteiger partial charge in [-0.25, -0.2) is 0 Å². The van der Waals surface area contributed by atoms with Gasteiger partial charge in [0.1, 0.15) is 0 Å². The van der Waals surface area contributed by atoms with Crippen LogP contribution in [0.4, 0.5) is 5.69 Å². The van der Waals surface area contributed by atoms with Crippen LogP contribution < -0.4 is 5.32 Å². The number of hydrogen-bond donors (Lipinski definition) is 1. The smallest absolute Gasteiger partial charge is 0.0340 e. The van der Waals surface area contributed by atoms with Gasteiger partial charge in [-0.1, -0.05) is 42.8 Å². The van der Waals surface area contributed by atoms with E-state index in [1.807, 2.05) is 17.8 Å². The average molecular weight is 257 g/mol. The lowest BCUT2D eigenvalue weighted by Crippen LogP contribution is -2.12. The van der Waals surface area contributed by atoms with Crippen LogP contribution in [0.25, 0.3) is 0 Å². The second kappa shape index (κ2) is 6.50. The number of hydrogen-bond acceptors (Lipinski definition) is 2. The first-order chi connectivity index (χ1) is 8.74. The molecule has 1 atom stereocenters. The molecule has 18 heavy (non-hydrogen) atoms. The molecular weight excluding hydrogens is 238 g/mol. The molecule has 0 aliphatic carbocycles. The molecule has 0 saturated carbocycles. The Kier molecular flexibility index (Phi) is 4.71. The van der Waals surface area contributed by atoms with E-state index in [9.17, 15) is 0 Å². The Morgan fingerprint density at radius 2 is 1.83 bits per heavy atom. The molecular formula is C16H19NS.